The summed E-state index contributed by atoms with van der Waals surface area (Å²) in [5, 5.41) is -3.10. The lowest BCUT2D eigenvalue weighted by Crippen LogP contribution is -2.12. The van der Waals surface area contributed by atoms with Gasteiger partial charge in [0.25, 0.3) is 5.69 Å². The third-order valence-corrected chi connectivity index (χ3v) is 6.66. The molecule has 0 saturated carbocycles. The maximum Gasteiger partial charge on any atom is 0.315 e. The SMILES string of the molecule is CCOP(=S)(OCC)SC(F)(F)CCl. The van der Waals surface area contributed by atoms with Gasteiger partial charge < -0.3 is 9.05 Å². The van der Waals surface area contributed by atoms with E-state index in [1.165, 1.54) is 0 Å². The number of alkyl halides is 3. The summed E-state index contributed by atoms with van der Waals surface area (Å²) in [6.07, 6.45) is 0. The summed E-state index contributed by atoms with van der Waals surface area (Å²) in [6.45, 7) is 3.87. The van der Waals surface area contributed by atoms with Crippen LogP contribution in [-0.2, 0) is 20.9 Å². The van der Waals surface area contributed by atoms with E-state index < -0.39 is 16.8 Å². The third-order valence-electron chi connectivity index (χ3n) is 0.975. The molecule has 0 aromatic rings. The van der Waals surface area contributed by atoms with Crippen molar-refractivity contribution in [3.63, 3.8) is 0 Å². The molecule has 0 bridgehead atoms. The lowest BCUT2D eigenvalue weighted by molar-refractivity contribution is 0.133. The molecule has 0 heterocycles. The van der Waals surface area contributed by atoms with E-state index in [4.69, 9.17) is 32.5 Å². The van der Waals surface area contributed by atoms with Crippen molar-refractivity contribution in [3.05, 3.63) is 0 Å². The fourth-order valence-corrected chi connectivity index (χ4v) is 5.91. The Hall–Kier alpha value is 1.07. The van der Waals surface area contributed by atoms with E-state index in [0.717, 1.165) is 0 Å². The van der Waals surface area contributed by atoms with Crippen molar-refractivity contribution < 1.29 is 17.8 Å². The molecule has 0 aromatic heterocycles. The average Bonchev–Trinajstić information content (AvgIpc) is 2.03. The molecule has 0 rings (SSSR count). The predicted molar refractivity (Wildman–Crippen MR) is 60.8 cm³/mol. The molecule has 0 spiro atoms. The largest absolute Gasteiger partial charge is 0.322 e. The molecule has 0 radical (unpaired) electrons. The summed E-state index contributed by atoms with van der Waals surface area (Å²) < 4.78 is 35.9. The average molecular weight is 285 g/mol. The summed E-state index contributed by atoms with van der Waals surface area (Å²) in [4.78, 5) is 0. The van der Waals surface area contributed by atoms with Crippen molar-refractivity contribution in [1.29, 1.82) is 0 Å². The van der Waals surface area contributed by atoms with Crippen molar-refractivity contribution in [1.82, 2.24) is 0 Å². The summed E-state index contributed by atoms with van der Waals surface area (Å²) in [7, 11) is 0. The van der Waals surface area contributed by atoms with Crippen LogP contribution in [0.2, 0.25) is 0 Å². The van der Waals surface area contributed by atoms with Crippen LogP contribution in [-0.4, -0.2) is 24.3 Å². The first-order valence-corrected chi connectivity index (χ1v) is 8.52. The zero-order chi connectivity index (χ0) is 11.2. The Morgan fingerprint density at radius 3 is 2.07 bits per heavy atom. The minimum Gasteiger partial charge on any atom is -0.322 e. The Bertz CT molecular complexity index is 208. The fraction of sp³-hybridized carbons (Fsp3) is 1.00. The molecule has 0 saturated heterocycles. The van der Waals surface area contributed by atoms with Crippen LogP contribution in [0, 0.1) is 0 Å². The van der Waals surface area contributed by atoms with Crippen LogP contribution in [0.5, 0.6) is 0 Å². The van der Waals surface area contributed by atoms with Crippen molar-refractivity contribution in [2.24, 2.45) is 0 Å². The molecule has 14 heavy (non-hydrogen) atoms. The molecule has 0 aliphatic heterocycles. The van der Waals surface area contributed by atoms with Gasteiger partial charge in [-0.25, -0.2) is 0 Å². The summed E-state index contributed by atoms with van der Waals surface area (Å²) in [5.74, 6) is -0.795. The van der Waals surface area contributed by atoms with Gasteiger partial charge in [-0.3, -0.25) is 0 Å². The predicted octanol–water partition coefficient (Wildman–Crippen LogP) is 3.85. The highest BCUT2D eigenvalue weighted by Crippen LogP contribution is 2.66. The Labute approximate surface area is 96.6 Å². The van der Waals surface area contributed by atoms with E-state index in [0.29, 0.717) is 0 Å². The van der Waals surface area contributed by atoms with Gasteiger partial charge in [-0.1, -0.05) is 0 Å². The number of hydrogen-bond acceptors (Lipinski definition) is 4. The van der Waals surface area contributed by atoms with E-state index in [9.17, 15) is 8.78 Å². The second-order valence-corrected chi connectivity index (χ2v) is 8.73. The van der Waals surface area contributed by atoms with Crippen molar-refractivity contribution in [3.8, 4) is 0 Å². The normalized spacial score (nSPS) is 13.2. The third kappa shape index (κ3) is 5.83. The van der Waals surface area contributed by atoms with Crippen molar-refractivity contribution in [2.75, 3.05) is 19.1 Å². The zero-order valence-corrected chi connectivity index (χ0v) is 11.1. The smallest absolute Gasteiger partial charge is 0.315 e. The fourth-order valence-electron chi connectivity index (χ4n) is 0.594. The second-order valence-electron chi connectivity index (χ2n) is 2.15. The quantitative estimate of drug-likeness (QED) is 0.522. The summed E-state index contributed by atoms with van der Waals surface area (Å²) in [6, 6.07) is 0. The highest BCUT2D eigenvalue weighted by molar-refractivity contribution is 8.68. The molecule has 0 N–H and O–H groups in total. The van der Waals surface area contributed by atoms with Gasteiger partial charge >= 0.3 is 5.25 Å². The van der Waals surface area contributed by atoms with E-state index in [2.05, 4.69) is 0 Å². The Morgan fingerprint density at radius 2 is 1.79 bits per heavy atom. The van der Waals surface area contributed by atoms with Gasteiger partial charge in [0.1, 0.15) is 0 Å². The first kappa shape index (κ1) is 15.1. The first-order valence-electron chi connectivity index (χ1n) is 3.92. The van der Waals surface area contributed by atoms with Gasteiger partial charge in [0, 0.05) is 11.4 Å². The van der Waals surface area contributed by atoms with Crippen LogP contribution in [0.1, 0.15) is 13.8 Å². The Morgan fingerprint density at radius 1 is 1.36 bits per heavy atom. The van der Waals surface area contributed by atoms with Crippen LogP contribution >= 0.6 is 28.7 Å². The number of rotatable bonds is 7. The van der Waals surface area contributed by atoms with Gasteiger partial charge in [0.05, 0.1) is 19.1 Å². The molecule has 8 heteroatoms. The van der Waals surface area contributed by atoms with Crippen LogP contribution in [0.4, 0.5) is 8.78 Å². The maximum absolute atomic E-state index is 12.9. The van der Waals surface area contributed by atoms with Crippen molar-refractivity contribution >= 4 is 40.5 Å². The van der Waals surface area contributed by atoms with Crippen LogP contribution in [0.15, 0.2) is 0 Å². The molecule has 0 aromatic carbocycles. The van der Waals surface area contributed by atoms with E-state index in [1.807, 2.05) is 0 Å². The lowest BCUT2D eigenvalue weighted by atomic mass is 10.8. The molecule has 0 atom stereocenters. The standard InChI is InChI=1S/C6H12ClF2O2PS2/c1-3-10-12(13,11-4-2)14-6(8,9)5-7/h3-5H2,1-2H3. The first-order chi connectivity index (χ1) is 6.39. The van der Waals surface area contributed by atoms with Gasteiger partial charge in [-0.2, -0.15) is 8.78 Å². The molecule has 0 fully saturated rings. The van der Waals surface area contributed by atoms with Gasteiger partial charge in [0.15, 0.2) is 0 Å². The van der Waals surface area contributed by atoms with Gasteiger partial charge in [-0.05, 0) is 25.7 Å². The number of hydrogen-bond donors (Lipinski definition) is 0. The van der Waals surface area contributed by atoms with Crippen LogP contribution < -0.4 is 0 Å². The Balaban J connectivity index is 4.43. The minimum atomic E-state index is -3.10. The molecule has 0 aliphatic rings. The molecular weight excluding hydrogens is 273 g/mol. The van der Waals surface area contributed by atoms with Crippen LogP contribution in [0.3, 0.4) is 0 Å². The van der Waals surface area contributed by atoms with E-state index in [1.54, 1.807) is 13.8 Å². The topological polar surface area (TPSA) is 18.5 Å². The molecule has 0 amide bonds. The second kappa shape index (κ2) is 6.61. The molecular formula is C6H12ClF2O2PS2. The summed E-state index contributed by atoms with van der Waals surface area (Å²) >= 11 is 10.2. The van der Waals surface area contributed by atoms with E-state index >= 15 is 0 Å². The molecule has 2 nitrogen and oxygen atoms in total. The van der Waals surface area contributed by atoms with E-state index in [-0.39, 0.29) is 24.6 Å². The Kier molecular flexibility index (Phi) is 7.11. The lowest BCUT2D eigenvalue weighted by Gasteiger charge is -2.23. The van der Waals surface area contributed by atoms with Gasteiger partial charge in [0.2, 0.25) is 0 Å². The highest BCUT2D eigenvalue weighted by atomic mass is 35.5. The van der Waals surface area contributed by atoms with Gasteiger partial charge in [-0.15, -0.1) is 11.6 Å². The van der Waals surface area contributed by atoms with Crippen LogP contribution in [0.25, 0.3) is 0 Å². The minimum absolute atomic E-state index is 0.215. The molecule has 0 unspecified atom stereocenters. The summed E-state index contributed by atoms with van der Waals surface area (Å²) in [5.41, 5.74) is -2.94. The zero-order valence-electron chi connectivity index (χ0n) is 7.84. The molecule has 0 aliphatic carbocycles. The maximum atomic E-state index is 12.9. The number of halogens is 3. The monoisotopic (exact) mass is 284 g/mol. The highest BCUT2D eigenvalue weighted by Gasteiger charge is 2.38. The van der Waals surface area contributed by atoms with Crippen molar-refractivity contribution in [2.45, 2.75) is 19.1 Å². The molecule has 86 valence electrons.